The molecule has 0 N–H and O–H groups in total. The van der Waals surface area contributed by atoms with Gasteiger partial charge in [-0.05, 0) is 23.8 Å². The van der Waals surface area contributed by atoms with Crippen LogP contribution in [0.15, 0.2) is 121 Å². The normalized spacial score (nSPS) is 17.1. The minimum atomic E-state index is -0.612. The van der Waals surface area contributed by atoms with E-state index in [9.17, 15) is 4.79 Å². The van der Waals surface area contributed by atoms with Crippen LogP contribution in [-0.4, -0.2) is 15.8 Å². The number of aromatic nitrogens is 1. The SMILES string of the molecule is O=C(c1ccccc1)N1[C@H](c2ccccc2)c2ccc3cccnc3c2O[C@@H]1c1ccccc1. The molecule has 0 spiro atoms. The number of pyridine rings is 1. The Hall–Kier alpha value is -4.44. The molecule has 0 saturated heterocycles. The van der Waals surface area contributed by atoms with Gasteiger partial charge >= 0.3 is 0 Å². The third-order valence-electron chi connectivity index (χ3n) is 6.27. The van der Waals surface area contributed by atoms with Crippen molar-refractivity contribution in [2.75, 3.05) is 0 Å². The average molecular weight is 443 g/mol. The third kappa shape index (κ3) is 3.41. The van der Waals surface area contributed by atoms with Crippen LogP contribution in [0.5, 0.6) is 5.75 Å². The van der Waals surface area contributed by atoms with Gasteiger partial charge in [-0.3, -0.25) is 14.7 Å². The topological polar surface area (TPSA) is 42.4 Å². The van der Waals surface area contributed by atoms with Gasteiger partial charge in [-0.1, -0.05) is 97.1 Å². The van der Waals surface area contributed by atoms with E-state index < -0.39 is 6.23 Å². The van der Waals surface area contributed by atoms with Crippen LogP contribution in [0.4, 0.5) is 0 Å². The standard InChI is InChI=1S/C30H22N2O2/c33-29(23-13-6-2-7-14-23)32-27(22-11-4-1-5-12-22)25-19-18-21-17-10-20-31-26(21)28(25)34-30(32)24-15-8-3-9-16-24/h1-20,27,30H/t27-,30-/m1/s1. The first-order valence-corrected chi connectivity index (χ1v) is 11.3. The van der Waals surface area contributed by atoms with Gasteiger partial charge in [0.05, 0.1) is 6.04 Å². The maximum atomic E-state index is 14.1. The summed E-state index contributed by atoms with van der Waals surface area (Å²) in [6, 6.07) is 37.2. The van der Waals surface area contributed by atoms with Gasteiger partial charge in [-0.25, -0.2) is 0 Å². The summed E-state index contributed by atoms with van der Waals surface area (Å²) in [5.74, 6) is 0.632. The van der Waals surface area contributed by atoms with Gasteiger partial charge in [0.1, 0.15) is 5.52 Å². The first-order chi connectivity index (χ1) is 16.8. The second-order valence-corrected chi connectivity index (χ2v) is 8.33. The fraction of sp³-hybridized carbons (Fsp3) is 0.0667. The van der Waals surface area contributed by atoms with Crippen molar-refractivity contribution in [3.05, 3.63) is 144 Å². The lowest BCUT2D eigenvalue weighted by molar-refractivity contribution is -0.00733. The number of carbonyl (C=O) groups is 1. The van der Waals surface area contributed by atoms with Gasteiger partial charge in [0.2, 0.25) is 6.23 Å². The number of carbonyl (C=O) groups excluding carboxylic acids is 1. The van der Waals surface area contributed by atoms with Crippen molar-refractivity contribution in [2.45, 2.75) is 12.3 Å². The molecule has 1 aromatic heterocycles. The smallest absolute Gasteiger partial charge is 0.257 e. The van der Waals surface area contributed by atoms with E-state index in [0.717, 1.165) is 33.3 Å². The molecule has 34 heavy (non-hydrogen) atoms. The molecule has 2 heterocycles. The number of hydrogen-bond donors (Lipinski definition) is 0. The average Bonchev–Trinajstić information content (AvgIpc) is 2.93. The lowest BCUT2D eigenvalue weighted by Crippen LogP contribution is -2.44. The molecule has 0 radical (unpaired) electrons. The monoisotopic (exact) mass is 442 g/mol. The van der Waals surface area contributed by atoms with Crippen molar-refractivity contribution in [3.63, 3.8) is 0 Å². The molecule has 5 aromatic rings. The van der Waals surface area contributed by atoms with Crippen LogP contribution in [0.1, 0.15) is 39.3 Å². The Morgan fingerprint density at radius 1 is 0.706 bits per heavy atom. The minimum absolute atomic E-state index is 0.0879. The zero-order chi connectivity index (χ0) is 22.9. The summed E-state index contributed by atoms with van der Waals surface area (Å²) in [4.78, 5) is 20.6. The van der Waals surface area contributed by atoms with Crippen molar-refractivity contribution >= 4 is 16.8 Å². The largest absolute Gasteiger partial charge is 0.463 e. The molecule has 0 unspecified atom stereocenters. The number of amides is 1. The molecular formula is C30H22N2O2. The van der Waals surface area contributed by atoms with E-state index in [1.807, 2.05) is 95.9 Å². The predicted molar refractivity (Wildman–Crippen MR) is 132 cm³/mol. The van der Waals surface area contributed by atoms with Crippen molar-refractivity contribution in [3.8, 4) is 5.75 Å². The Balaban J connectivity index is 1.63. The van der Waals surface area contributed by atoms with Crippen LogP contribution in [0, 0.1) is 0 Å². The summed E-state index contributed by atoms with van der Waals surface area (Å²) in [6.07, 6.45) is 1.17. The van der Waals surface area contributed by atoms with E-state index in [1.54, 1.807) is 6.20 Å². The van der Waals surface area contributed by atoms with Gasteiger partial charge < -0.3 is 4.74 Å². The van der Waals surface area contributed by atoms with Crippen molar-refractivity contribution in [2.24, 2.45) is 0 Å². The summed E-state index contributed by atoms with van der Waals surface area (Å²) in [7, 11) is 0. The van der Waals surface area contributed by atoms with Gasteiger partial charge in [0.15, 0.2) is 5.75 Å². The molecule has 0 fully saturated rings. The second-order valence-electron chi connectivity index (χ2n) is 8.33. The Labute approximate surface area is 198 Å². The molecule has 4 nitrogen and oxygen atoms in total. The molecule has 0 bridgehead atoms. The maximum absolute atomic E-state index is 14.1. The highest BCUT2D eigenvalue weighted by atomic mass is 16.5. The Morgan fingerprint density at radius 2 is 1.35 bits per heavy atom. The quantitative estimate of drug-likeness (QED) is 0.318. The first-order valence-electron chi connectivity index (χ1n) is 11.3. The fourth-order valence-corrected chi connectivity index (χ4v) is 4.70. The minimum Gasteiger partial charge on any atom is -0.463 e. The summed E-state index contributed by atoms with van der Waals surface area (Å²) in [6.45, 7) is 0. The summed E-state index contributed by atoms with van der Waals surface area (Å²) in [5.41, 5.74) is 4.27. The highest BCUT2D eigenvalue weighted by Crippen LogP contribution is 2.48. The highest BCUT2D eigenvalue weighted by molar-refractivity contribution is 5.96. The first kappa shape index (κ1) is 20.2. The van der Waals surface area contributed by atoms with E-state index in [4.69, 9.17) is 4.74 Å². The van der Waals surface area contributed by atoms with E-state index in [-0.39, 0.29) is 11.9 Å². The summed E-state index contributed by atoms with van der Waals surface area (Å²) < 4.78 is 6.68. The van der Waals surface area contributed by atoms with Crippen LogP contribution in [0.3, 0.4) is 0 Å². The number of hydrogen-bond acceptors (Lipinski definition) is 3. The zero-order valence-corrected chi connectivity index (χ0v) is 18.4. The number of nitrogens with zero attached hydrogens (tertiary/aromatic N) is 2. The van der Waals surface area contributed by atoms with Gasteiger partial charge in [-0.2, -0.15) is 0 Å². The third-order valence-corrected chi connectivity index (χ3v) is 6.27. The Morgan fingerprint density at radius 3 is 2.06 bits per heavy atom. The lowest BCUT2D eigenvalue weighted by atomic mass is 9.91. The summed E-state index contributed by atoms with van der Waals surface area (Å²) in [5, 5.41) is 1.00. The molecular weight excluding hydrogens is 420 g/mol. The molecule has 0 saturated carbocycles. The predicted octanol–water partition coefficient (Wildman–Crippen LogP) is 6.56. The molecule has 1 amide bonds. The molecule has 4 aromatic carbocycles. The van der Waals surface area contributed by atoms with E-state index in [2.05, 4.69) is 29.2 Å². The van der Waals surface area contributed by atoms with Crippen molar-refractivity contribution in [1.82, 2.24) is 9.88 Å². The zero-order valence-electron chi connectivity index (χ0n) is 18.4. The van der Waals surface area contributed by atoms with Crippen LogP contribution >= 0.6 is 0 Å². The molecule has 1 aliphatic heterocycles. The van der Waals surface area contributed by atoms with Crippen molar-refractivity contribution < 1.29 is 9.53 Å². The summed E-state index contributed by atoms with van der Waals surface area (Å²) >= 11 is 0. The molecule has 0 aliphatic carbocycles. The molecule has 164 valence electrons. The van der Waals surface area contributed by atoms with Gasteiger partial charge in [0.25, 0.3) is 5.91 Å². The second kappa shape index (κ2) is 8.49. The lowest BCUT2D eigenvalue weighted by Gasteiger charge is -2.43. The number of rotatable bonds is 3. The molecule has 2 atom stereocenters. The number of benzene rings is 4. The molecule has 4 heteroatoms. The number of ether oxygens (including phenoxy) is 1. The van der Waals surface area contributed by atoms with Gasteiger partial charge in [-0.15, -0.1) is 0 Å². The van der Waals surface area contributed by atoms with E-state index in [0.29, 0.717) is 5.56 Å². The Bertz CT molecular complexity index is 1450. The van der Waals surface area contributed by atoms with Crippen LogP contribution in [0.2, 0.25) is 0 Å². The van der Waals surface area contributed by atoms with Gasteiger partial charge in [0, 0.05) is 28.3 Å². The number of fused-ring (bicyclic) bond motifs is 3. The highest BCUT2D eigenvalue weighted by Gasteiger charge is 2.41. The van der Waals surface area contributed by atoms with E-state index >= 15 is 0 Å². The van der Waals surface area contributed by atoms with Crippen LogP contribution in [0.25, 0.3) is 10.9 Å². The van der Waals surface area contributed by atoms with Crippen LogP contribution in [-0.2, 0) is 0 Å². The molecule has 6 rings (SSSR count). The van der Waals surface area contributed by atoms with Crippen molar-refractivity contribution in [1.29, 1.82) is 0 Å². The Kier molecular flexibility index (Phi) is 5.04. The van der Waals surface area contributed by atoms with Crippen LogP contribution < -0.4 is 4.74 Å². The fourth-order valence-electron chi connectivity index (χ4n) is 4.70. The maximum Gasteiger partial charge on any atom is 0.257 e. The molecule has 1 aliphatic rings. The van der Waals surface area contributed by atoms with E-state index in [1.165, 1.54) is 0 Å².